The fraction of sp³-hybridized carbons (Fsp3) is 0.0606. The Balaban J connectivity index is 0.00000112. The fourth-order valence-electron chi connectivity index (χ4n) is 4.05. The van der Waals surface area contributed by atoms with Gasteiger partial charge in [0.15, 0.2) is 0 Å². The van der Waals surface area contributed by atoms with E-state index in [-0.39, 0.29) is 0 Å². The molecule has 6 heteroatoms. The van der Waals surface area contributed by atoms with Gasteiger partial charge in [-0.25, -0.2) is 15.0 Å². The molecule has 0 aliphatic carbocycles. The van der Waals surface area contributed by atoms with Crippen molar-refractivity contribution in [3.8, 4) is 0 Å². The molecular weight excluding hydrogens is 568 g/mol. The minimum absolute atomic E-state index is 0.382. The van der Waals surface area contributed by atoms with Gasteiger partial charge in [-0.15, -0.1) is 0 Å². The fourth-order valence-corrected chi connectivity index (χ4v) is 4.05. The van der Waals surface area contributed by atoms with Crippen molar-refractivity contribution in [1.82, 2.24) is 4.98 Å². The summed E-state index contributed by atoms with van der Waals surface area (Å²) in [6, 6.07) is 42.8. The first kappa shape index (κ1) is 28.5. The Labute approximate surface area is 244 Å². The Morgan fingerprint density at radius 2 is 0.872 bits per heavy atom. The molecule has 0 N–H and O–H groups in total. The number of para-hydroxylation sites is 2. The number of rotatable bonds is 6. The van der Waals surface area contributed by atoms with Crippen LogP contribution in [0.5, 0.6) is 0 Å². The molecule has 0 bridgehead atoms. The molecule has 0 saturated carbocycles. The zero-order valence-corrected chi connectivity index (χ0v) is 24.1. The number of benzene rings is 4. The van der Waals surface area contributed by atoms with E-state index in [0.717, 1.165) is 56.4 Å². The monoisotopic (exact) mass is 594 g/mol. The van der Waals surface area contributed by atoms with Gasteiger partial charge in [-0.3, -0.25) is 0 Å². The van der Waals surface area contributed by atoms with Gasteiger partial charge in [0, 0.05) is 11.1 Å². The molecule has 5 rings (SSSR count). The van der Waals surface area contributed by atoms with Crippen LogP contribution in [0.3, 0.4) is 0 Å². The van der Waals surface area contributed by atoms with Crippen LogP contribution in [0.15, 0.2) is 137 Å². The second-order valence-electron chi connectivity index (χ2n) is 8.68. The van der Waals surface area contributed by atoms with Gasteiger partial charge >= 0.3 is 33.2 Å². The molecule has 5 aromatic rings. The molecule has 0 radical (unpaired) electrons. The summed E-state index contributed by atoms with van der Waals surface area (Å²) >= 11 is 0.382. The van der Waals surface area contributed by atoms with Crippen LogP contribution in [0, 0.1) is 13.8 Å². The van der Waals surface area contributed by atoms with Gasteiger partial charge < -0.3 is 0 Å². The van der Waals surface area contributed by atoms with E-state index < -0.39 is 0 Å². The van der Waals surface area contributed by atoms with Crippen molar-refractivity contribution in [2.24, 2.45) is 9.98 Å². The molecule has 0 amide bonds. The molecule has 39 heavy (non-hydrogen) atoms. The Morgan fingerprint density at radius 1 is 0.513 bits per heavy atom. The summed E-state index contributed by atoms with van der Waals surface area (Å²) in [5.41, 5.74) is 9.39. The van der Waals surface area contributed by atoms with Crippen LogP contribution in [-0.2, 0) is 12.9 Å². The van der Waals surface area contributed by atoms with Crippen LogP contribution in [-0.4, -0.2) is 16.4 Å². The molecule has 0 atom stereocenters. The summed E-state index contributed by atoms with van der Waals surface area (Å²) in [6.07, 6.45) is 0. The average molecular weight is 595 g/mol. The molecule has 1 aromatic heterocycles. The van der Waals surface area contributed by atoms with Gasteiger partial charge in [0.2, 0.25) is 0 Å². The molecule has 0 fully saturated rings. The number of aliphatic imine (C=N–C) groups is 2. The second-order valence-corrected chi connectivity index (χ2v) is 10.4. The molecule has 0 unspecified atom stereocenters. The van der Waals surface area contributed by atoms with Gasteiger partial charge in [0.25, 0.3) is 0 Å². The third-order valence-electron chi connectivity index (χ3n) is 6.02. The van der Waals surface area contributed by atoms with Crippen LogP contribution < -0.4 is 0 Å². The van der Waals surface area contributed by atoms with E-state index in [2.05, 4.69) is 50.2 Å². The van der Waals surface area contributed by atoms with Gasteiger partial charge in [0.1, 0.15) is 0 Å². The number of aryl methyl sites for hydroxylation is 2. The molecule has 197 valence electrons. The maximum atomic E-state index is 5.12. The van der Waals surface area contributed by atoms with E-state index >= 15 is 0 Å². The predicted octanol–water partition coefficient (Wildman–Crippen LogP) is 9.41. The number of nitrogens with zero attached hydrogens (tertiary/aromatic N) is 3. The van der Waals surface area contributed by atoms with Crippen molar-refractivity contribution in [3.05, 3.63) is 161 Å². The van der Waals surface area contributed by atoms with E-state index in [0.29, 0.717) is 12.9 Å². The third-order valence-corrected chi connectivity index (χ3v) is 6.02. The van der Waals surface area contributed by atoms with Crippen LogP contribution in [0.4, 0.5) is 11.4 Å². The minimum atomic E-state index is 0.382. The Kier molecular flexibility index (Phi) is 10.6. The SMILES string of the molecule is Cc1ccccc1N=C(c1ccccc1)c1cccc(C(=Nc2ccccc2C)c2ccccc2)n1.[Cl][Co][Cl]. The van der Waals surface area contributed by atoms with E-state index in [1.54, 1.807) is 0 Å². The summed E-state index contributed by atoms with van der Waals surface area (Å²) < 4.78 is 0. The third kappa shape index (κ3) is 7.75. The maximum absolute atomic E-state index is 5.12. The Hall–Kier alpha value is -3.54. The Bertz CT molecular complexity index is 1450. The van der Waals surface area contributed by atoms with Crippen molar-refractivity contribution in [3.63, 3.8) is 0 Å². The van der Waals surface area contributed by atoms with Crippen LogP contribution in [0.1, 0.15) is 33.6 Å². The molecule has 3 nitrogen and oxygen atoms in total. The van der Waals surface area contributed by atoms with E-state index in [4.69, 9.17) is 35.3 Å². The first-order valence-corrected chi connectivity index (χ1v) is 15.2. The quantitative estimate of drug-likeness (QED) is 0.180. The molecule has 1 heterocycles. The number of hydrogen-bond acceptors (Lipinski definition) is 3. The molecular formula is C33H27Cl2CoN3. The molecule has 0 aliphatic heterocycles. The zero-order chi connectivity index (χ0) is 27.5. The number of hydrogen-bond donors (Lipinski definition) is 0. The van der Waals surface area contributed by atoms with Crippen molar-refractivity contribution >= 4 is 43.1 Å². The summed E-state index contributed by atoms with van der Waals surface area (Å²) in [7, 11) is 9.47. The van der Waals surface area contributed by atoms with E-state index in [1.807, 2.05) is 91.0 Å². The van der Waals surface area contributed by atoms with Crippen LogP contribution in [0.2, 0.25) is 0 Å². The van der Waals surface area contributed by atoms with Gasteiger partial charge in [-0.05, 0) is 49.2 Å². The van der Waals surface area contributed by atoms with Crippen molar-refractivity contribution in [1.29, 1.82) is 0 Å². The first-order valence-electron chi connectivity index (χ1n) is 12.3. The predicted molar refractivity (Wildman–Crippen MR) is 162 cm³/mol. The van der Waals surface area contributed by atoms with Crippen molar-refractivity contribution in [2.45, 2.75) is 13.8 Å². The number of halogens is 2. The summed E-state index contributed by atoms with van der Waals surface area (Å²) in [5, 5.41) is 0. The summed E-state index contributed by atoms with van der Waals surface area (Å²) in [6.45, 7) is 4.15. The van der Waals surface area contributed by atoms with Gasteiger partial charge in [-0.1, -0.05) is 103 Å². The van der Waals surface area contributed by atoms with Gasteiger partial charge in [-0.2, -0.15) is 0 Å². The average Bonchev–Trinajstić information content (AvgIpc) is 2.98. The Morgan fingerprint density at radius 3 is 1.26 bits per heavy atom. The van der Waals surface area contributed by atoms with Crippen LogP contribution in [0.25, 0.3) is 0 Å². The molecule has 0 saturated heterocycles. The van der Waals surface area contributed by atoms with E-state index in [9.17, 15) is 0 Å². The molecule has 0 spiro atoms. The van der Waals surface area contributed by atoms with Crippen LogP contribution >= 0.6 is 20.3 Å². The first-order chi connectivity index (χ1) is 19.1. The second kappa shape index (κ2) is 14.6. The zero-order valence-electron chi connectivity index (χ0n) is 21.6. The molecule has 4 aromatic carbocycles. The van der Waals surface area contributed by atoms with Gasteiger partial charge in [0.05, 0.1) is 34.2 Å². The standard InChI is InChI=1S/C33H27N3.2ClH.Co/c1-24-14-9-11-20-28(24)35-32(26-16-5-3-6-17-26)30-22-13-23-31(34-30)33(27-18-7-4-8-19-27)36-29-21-12-10-15-25(29)2;;;/h3-23H,1-2H3;2*1H;/q;;;+2/p-2. The summed E-state index contributed by atoms with van der Waals surface area (Å²) in [5.74, 6) is 0. The normalized spacial score (nSPS) is 11.6. The van der Waals surface area contributed by atoms with E-state index in [1.165, 1.54) is 0 Å². The summed E-state index contributed by atoms with van der Waals surface area (Å²) in [4.78, 5) is 15.3. The topological polar surface area (TPSA) is 37.6 Å². The number of aromatic nitrogens is 1. The molecule has 0 aliphatic rings. The number of pyridine rings is 1. The van der Waals surface area contributed by atoms with Crippen molar-refractivity contribution in [2.75, 3.05) is 0 Å². The van der Waals surface area contributed by atoms with Crippen molar-refractivity contribution < 1.29 is 12.9 Å².